The van der Waals surface area contributed by atoms with Gasteiger partial charge in [0, 0.05) is 24.2 Å². The normalized spacial score (nSPS) is 19.9. The molecule has 2 aliphatic rings. The standard InChI is InChI=1S/C42H40N6O8/c43-37(51)41(23-7-25-47(41)35(49)33(45-39(53)54)29-9-3-1-4-10-29)31-19-15-27(16-20-31)13-14-28-17-21-32(22-18-28)42(38(44)52)24-8-26-48(42)36(50)34(46-40(55)56)30-11-5-2-6-12-30/h1-6,9-12,15-22,33-34,45-46H,7-8,23-26H2,(H2,43,51)(H2,44,52)(H,53,54)(H,55,56)/t33-,34-,41+,42+/m1/s1. The highest BCUT2D eigenvalue weighted by atomic mass is 16.4. The first-order valence-electron chi connectivity index (χ1n) is 17.9. The summed E-state index contributed by atoms with van der Waals surface area (Å²) in [6.07, 6.45) is -1.34. The van der Waals surface area contributed by atoms with Crippen LogP contribution in [-0.4, -0.2) is 68.9 Å². The molecule has 2 saturated heterocycles. The number of nitrogens with zero attached hydrogens (tertiary/aromatic N) is 2. The highest BCUT2D eigenvalue weighted by Crippen LogP contribution is 2.42. The van der Waals surface area contributed by atoms with E-state index in [1.165, 1.54) is 9.80 Å². The number of rotatable bonds is 10. The van der Waals surface area contributed by atoms with Gasteiger partial charge in [0.05, 0.1) is 0 Å². The second-order valence-electron chi connectivity index (χ2n) is 13.6. The molecule has 2 fully saturated rings. The van der Waals surface area contributed by atoms with Crippen molar-refractivity contribution in [2.45, 2.75) is 48.8 Å². The summed E-state index contributed by atoms with van der Waals surface area (Å²) >= 11 is 0. The van der Waals surface area contributed by atoms with Crippen LogP contribution in [0.3, 0.4) is 0 Å². The molecule has 4 atom stereocenters. The zero-order valence-electron chi connectivity index (χ0n) is 30.2. The van der Waals surface area contributed by atoms with E-state index < -0.39 is 59.0 Å². The summed E-state index contributed by atoms with van der Waals surface area (Å²) < 4.78 is 0. The molecule has 0 saturated carbocycles. The van der Waals surface area contributed by atoms with E-state index in [1.54, 1.807) is 109 Å². The third-order valence-electron chi connectivity index (χ3n) is 10.5. The highest BCUT2D eigenvalue weighted by molar-refractivity contribution is 5.96. The molecule has 0 bridgehead atoms. The van der Waals surface area contributed by atoms with Crippen LogP contribution in [0.5, 0.6) is 0 Å². The molecule has 56 heavy (non-hydrogen) atoms. The maximum absolute atomic E-state index is 13.9. The van der Waals surface area contributed by atoms with Crippen LogP contribution in [0.4, 0.5) is 9.59 Å². The number of likely N-dealkylation sites (tertiary alicyclic amines) is 2. The molecule has 0 radical (unpaired) electrons. The zero-order valence-corrected chi connectivity index (χ0v) is 30.2. The molecule has 4 aromatic carbocycles. The largest absolute Gasteiger partial charge is 0.465 e. The molecule has 0 unspecified atom stereocenters. The lowest BCUT2D eigenvalue weighted by Gasteiger charge is -2.38. The summed E-state index contributed by atoms with van der Waals surface area (Å²) in [6, 6.07) is 27.8. The van der Waals surface area contributed by atoms with Crippen molar-refractivity contribution in [1.29, 1.82) is 0 Å². The first kappa shape index (κ1) is 38.6. The molecule has 0 aromatic heterocycles. The van der Waals surface area contributed by atoms with E-state index in [-0.39, 0.29) is 25.9 Å². The molecule has 14 nitrogen and oxygen atoms in total. The molecule has 286 valence electrons. The fourth-order valence-electron chi connectivity index (χ4n) is 7.86. The predicted molar refractivity (Wildman–Crippen MR) is 203 cm³/mol. The van der Waals surface area contributed by atoms with Crippen LogP contribution in [0.2, 0.25) is 0 Å². The van der Waals surface area contributed by atoms with Crippen molar-refractivity contribution in [3.8, 4) is 11.8 Å². The molecular weight excluding hydrogens is 716 g/mol. The Morgan fingerprint density at radius 2 is 0.893 bits per heavy atom. The highest BCUT2D eigenvalue weighted by Gasteiger charge is 2.52. The number of hydrogen-bond donors (Lipinski definition) is 6. The number of carboxylic acid groups (broad SMARTS) is 2. The van der Waals surface area contributed by atoms with Gasteiger partial charge in [-0.3, -0.25) is 19.2 Å². The zero-order chi connectivity index (χ0) is 40.0. The number of primary amides is 2. The summed E-state index contributed by atoms with van der Waals surface area (Å²) in [5, 5.41) is 23.6. The van der Waals surface area contributed by atoms with Gasteiger partial charge in [0.25, 0.3) is 11.8 Å². The molecule has 2 heterocycles. The first-order chi connectivity index (χ1) is 26.9. The van der Waals surface area contributed by atoms with Gasteiger partial charge in [0.1, 0.15) is 23.2 Å². The SMILES string of the molecule is NC(=O)[C@@]1(c2ccc(C#Cc3ccc([C@]4(C(N)=O)CCCN4C(=O)[C@H](NC(=O)O)c4ccccc4)cc3)cc2)CCCN1C(=O)[C@H](NC(=O)O)c1ccccc1. The van der Waals surface area contributed by atoms with Crippen molar-refractivity contribution < 1.29 is 39.0 Å². The third-order valence-corrected chi connectivity index (χ3v) is 10.5. The van der Waals surface area contributed by atoms with E-state index in [1.807, 2.05) is 0 Å². The lowest BCUT2D eigenvalue weighted by Crippen LogP contribution is -2.56. The lowest BCUT2D eigenvalue weighted by atomic mass is 9.85. The number of hydrogen-bond acceptors (Lipinski definition) is 6. The van der Waals surface area contributed by atoms with Crippen LogP contribution in [0, 0.1) is 11.8 Å². The van der Waals surface area contributed by atoms with Gasteiger partial charge >= 0.3 is 12.2 Å². The molecule has 14 heteroatoms. The summed E-state index contributed by atoms with van der Waals surface area (Å²) in [7, 11) is 0. The molecule has 0 spiro atoms. The molecule has 6 amide bonds. The van der Waals surface area contributed by atoms with E-state index in [4.69, 9.17) is 11.5 Å². The Morgan fingerprint density at radius 1 is 0.554 bits per heavy atom. The average molecular weight is 757 g/mol. The van der Waals surface area contributed by atoms with E-state index in [0.717, 1.165) is 0 Å². The minimum Gasteiger partial charge on any atom is -0.465 e. The van der Waals surface area contributed by atoms with Crippen LogP contribution < -0.4 is 22.1 Å². The van der Waals surface area contributed by atoms with Crippen molar-refractivity contribution in [3.63, 3.8) is 0 Å². The summed E-state index contributed by atoms with van der Waals surface area (Å²) in [4.78, 5) is 80.3. The summed E-state index contributed by atoms with van der Waals surface area (Å²) in [5.41, 5.74) is 11.9. The van der Waals surface area contributed by atoms with Gasteiger partial charge in [-0.05, 0) is 72.2 Å². The quantitative estimate of drug-likeness (QED) is 0.131. The van der Waals surface area contributed by atoms with Gasteiger partial charge in [-0.1, -0.05) is 96.8 Å². The number of carbonyl (C=O) groups is 6. The van der Waals surface area contributed by atoms with Gasteiger partial charge in [0.15, 0.2) is 0 Å². The number of nitrogens with two attached hydrogens (primary N) is 2. The van der Waals surface area contributed by atoms with E-state index in [9.17, 15) is 39.0 Å². The Labute approximate surface area is 322 Å². The van der Waals surface area contributed by atoms with Crippen molar-refractivity contribution in [2.75, 3.05) is 13.1 Å². The van der Waals surface area contributed by atoms with E-state index in [2.05, 4.69) is 22.5 Å². The Morgan fingerprint density at radius 3 is 1.20 bits per heavy atom. The first-order valence-corrected chi connectivity index (χ1v) is 17.9. The van der Waals surface area contributed by atoms with Crippen molar-refractivity contribution in [3.05, 3.63) is 143 Å². The van der Waals surface area contributed by atoms with Crippen LogP contribution in [0.25, 0.3) is 0 Å². The van der Waals surface area contributed by atoms with E-state index in [0.29, 0.717) is 46.2 Å². The van der Waals surface area contributed by atoms with Gasteiger partial charge in [-0.25, -0.2) is 9.59 Å². The summed E-state index contributed by atoms with van der Waals surface area (Å²) in [6.45, 7) is 0.388. The average Bonchev–Trinajstić information content (AvgIpc) is 3.86. The number of benzene rings is 4. The number of carbonyl (C=O) groups excluding carboxylic acids is 4. The maximum atomic E-state index is 13.9. The Bertz CT molecular complexity index is 2050. The second-order valence-corrected chi connectivity index (χ2v) is 13.6. The Balaban J connectivity index is 1.23. The van der Waals surface area contributed by atoms with Gasteiger partial charge in [-0.2, -0.15) is 0 Å². The lowest BCUT2D eigenvalue weighted by molar-refractivity contribution is -0.145. The Hall–Kier alpha value is -7.14. The van der Waals surface area contributed by atoms with Gasteiger partial charge in [-0.15, -0.1) is 0 Å². The molecule has 4 aromatic rings. The van der Waals surface area contributed by atoms with Crippen molar-refractivity contribution >= 4 is 35.8 Å². The third kappa shape index (κ3) is 7.34. The minimum absolute atomic E-state index is 0.194. The molecular formula is C42H40N6O8. The van der Waals surface area contributed by atoms with Crippen molar-refractivity contribution in [1.82, 2.24) is 20.4 Å². The fraction of sp³-hybridized carbons (Fsp3) is 0.238. The maximum Gasteiger partial charge on any atom is 0.405 e. The minimum atomic E-state index is -1.51. The van der Waals surface area contributed by atoms with Crippen LogP contribution in [0.1, 0.15) is 71.1 Å². The predicted octanol–water partition coefficient (Wildman–Crippen LogP) is 3.71. The molecule has 0 aliphatic carbocycles. The Kier molecular flexibility index (Phi) is 11.1. The van der Waals surface area contributed by atoms with Crippen molar-refractivity contribution in [2.24, 2.45) is 11.5 Å². The van der Waals surface area contributed by atoms with Gasteiger partial charge in [0.2, 0.25) is 11.8 Å². The molecule has 2 aliphatic heterocycles. The van der Waals surface area contributed by atoms with Gasteiger partial charge < -0.3 is 42.1 Å². The van der Waals surface area contributed by atoms with E-state index >= 15 is 0 Å². The fourth-order valence-corrected chi connectivity index (χ4v) is 7.86. The van der Waals surface area contributed by atoms with Crippen LogP contribution in [0.15, 0.2) is 109 Å². The molecule has 8 N–H and O–H groups in total. The smallest absolute Gasteiger partial charge is 0.405 e. The number of amides is 6. The van der Waals surface area contributed by atoms with Crippen LogP contribution in [-0.2, 0) is 30.3 Å². The number of nitrogens with one attached hydrogen (secondary N) is 2. The molecule has 6 rings (SSSR count). The second kappa shape index (κ2) is 16.1. The summed E-state index contributed by atoms with van der Waals surface area (Å²) in [5.74, 6) is 3.47. The topological polar surface area (TPSA) is 225 Å². The monoisotopic (exact) mass is 756 g/mol. The van der Waals surface area contributed by atoms with Crippen LogP contribution >= 0.6 is 0 Å².